The van der Waals surface area contributed by atoms with Gasteiger partial charge in [0.15, 0.2) is 19.1 Å². The molecule has 2 aromatic heterocycles. The predicted molar refractivity (Wildman–Crippen MR) is 127 cm³/mol. The van der Waals surface area contributed by atoms with Crippen molar-refractivity contribution in [3.05, 3.63) is 83.2 Å². The Morgan fingerprint density at radius 3 is 2.53 bits per heavy atom. The molecular weight excluding hydrogens is 495 g/mol. The number of ether oxygens (including phenoxy) is 2. The van der Waals surface area contributed by atoms with E-state index in [-0.39, 0.29) is 23.4 Å². The Morgan fingerprint density at radius 2 is 1.81 bits per heavy atom. The van der Waals surface area contributed by atoms with Crippen LogP contribution in [0.15, 0.2) is 66.0 Å². The first-order valence-electron chi connectivity index (χ1n) is 10.8. The normalized spacial score (nSPS) is 12.5. The highest BCUT2D eigenvalue weighted by molar-refractivity contribution is 7.90. The first-order valence-corrected chi connectivity index (χ1v) is 12.2. The number of pyridine rings is 1. The molecule has 0 radical (unpaired) electrons. The lowest BCUT2D eigenvalue weighted by Crippen LogP contribution is -2.20. The second-order valence-electron chi connectivity index (χ2n) is 8.01. The first-order chi connectivity index (χ1) is 17.1. The molecule has 0 aliphatic carbocycles. The summed E-state index contributed by atoms with van der Waals surface area (Å²) in [6.45, 7) is 1.79. The molecule has 1 atom stereocenters. The van der Waals surface area contributed by atoms with Gasteiger partial charge in [-0.2, -0.15) is 18.2 Å². The number of nitrogens with zero attached hydrogens (tertiary/aromatic N) is 3. The number of carbonyl (C=O) groups is 1. The van der Waals surface area contributed by atoms with Gasteiger partial charge in [-0.3, -0.25) is 4.98 Å². The van der Waals surface area contributed by atoms with Crippen molar-refractivity contribution in [1.82, 2.24) is 14.5 Å². The van der Waals surface area contributed by atoms with Crippen molar-refractivity contribution in [1.29, 1.82) is 0 Å². The fraction of sp³-hybridized carbons (Fsp3) is 0.240. The van der Waals surface area contributed by atoms with Crippen molar-refractivity contribution in [3.63, 3.8) is 0 Å². The maximum atomic E-state index is 13.4. The highest BCUT2D eigenvalue weighted by atomic mass is 32.2. The third-order valence-electron chi connectivity index (χ3n) is 5.35. The van der Waals surface area contributed by atoms with E-state index in [1.165, 1.54) is 16.8 Å². The third kappa shape index (κ3) is 5.97. The molecule has 0 bridgehead atoms. The van der Waals surface area contributed by atoms with Gasteiger partial charge in [-0.25, -0.2) is 9.36 Å². The summed E-state index contributed by atoms with van der Waals surface area (Å²) in [5.74, 6) is -0.656. The van der Waals surface area contributed by atoms with Gasteiger partial charge in [0, 0.05) is 22.9 Å². The van der Waals surface area contributed by atoms with E-state index in [1.54, 1.807) is 55.5 Å². The lowest BCUT2D eigenvalue weighted by atomic mass is 10.2. The molecule has 11 heteroatoms. The van der Waals surface area contributed by atoms with E-state index in [4.69, 9.17) is 9.47 Å². The van der Waals surface area contributed by atoms with Crippen LogP contribution in [0.5, 0.6) is 5.75 Å². The molecule has 4 aromatic rings. The minimum absolute atomic E-state index is 0.00913. The predicted octanol–water partition coefficient (Wildman–Crippen LogP) is 5.11. The summed E-state index contributed by atoms with van der Waals surface area (Å²) >= 11 is -1.76. The average Bonchev–Trinajstić information content (AvgIpc) is 3.21. The Labute approximate surface area is 208 Å². The van der Waals surface area contributed by atoms with Crippen LogP contribution in [0.1, 0.15) is 27.2 Å². The highest BCUT2D eigenvalue weighted by Gasteiger charge is 2.29. The molecule has 0 aliphatic rings. The number of carbonyl (C=O) groups excluding carboxylic acids is 1. The highest BCUT2D eigenvalue weighted by Crippen LogP contribution is 2.27. The second-order valence-corrected chi connectivity index (χ2v) is 9.36. The molecule has 0 saturated carbocycles. The van der Waals surface area contributed by atoms with E-state index in [0.29, 0.717) is 27.9 Å². The van der Waals surface area contributed by atoms with Gasteiger partial charge >= 0.3 is 17.3 Å². The summed E-state index contributed by atoms with van der Waals surface area (Å²) in [5.41, 5.74) is 3.21. The molecule has 2 heterocycles. The molecule has 36 heavy (non-hydrogen) atoms. The van der Waals surface area contributed by atoms with Crippen LogP contribution < -0.4 is 4.74 Å². The lowest BCUT2D eigenvalue weighted by molar-refractivity contribution is -0.153. The lowest BCUT2D eigenvalue weighted by Gasteiger charge is -2.15. The Morgan fingerprint density at radius 1 is 1.08 bits per heavy atom. The standard InChI is InChI=1S/C25H22F3N3O4S/c1-16-7-9-18(10-8-16)23(32)35-15-31-21-6-4-3-5-19(21)30-24(31)36(33)13-20-17(2)22(11-12-29-20)34-14-25(26,27)28/h3-12H,13-15H2,1-2H3. The van der Waals surface area contributed by atoms with Crippen LogP contribution in [0.25, 0.3) is 11.0 Å². The van der Waals surface area contributed by atoms with Gasteiger partial charge in [0.25, 0.3) is 0 Å². The third-order valence-corrected chi connectivity index (χ3v) is 6.61. The zero-order valence-electron chi connectivity index (χ0n) is 19.4. The minimum Gasteiger partial charge on any atom is -0.609 e. The molecular formula is C25H22F3N3O4S. The SMILES string of the molecule is Cc1ccc(C(=O)OCn2c([S+]([O-])Cc3nccc(OCC(F)(F)F)c3C)nc3ccccc32)cc1. The minimum atomic E-state index is -4.49. The van der Waals surface area contributed by atoms with E-state index < -0.39 is 29.9 Å². The monoisotopic (exact) mass is 517 g/mol. The van der Waals surface area contributed by atoms with E-state index in [1.807, 2.05) is 6.92 Å². The molecule has 0 fully saturated rings. The fourth-order valence-corrected chi connectivity index (χ4v) is 4.72. The number of fused-ring (bicyclic) bond motifs is 1. The summed E-state index contributed by atoms with van der Waals surface area (Å²) < 4.78 is 63.0. The Kier molecular flexibility index (Phi) is 7.51. The summed E-state index contributed by atoms with van der Waals surface area (Å²) in [7, 11) is 0. The number of esters is 1. The van der Waals surface area contributed by atoms with Crippen LogP contribution >= 0.6 is 0 Å². The topological polar surface area (TPSA) is 89.3 Å². The molecule has 0 N–H and O–H groups in total. The fourth-order valence-electron chi connectivity index (χ4n) is 3.46. The van der Waals surface area contributed by atoms with Crippen LogP contribution in [0, 0.1) is 13.8 Å². The molecule has 0 aliphatic heterocycles. The number of benzene rings is 2. The number of imidazole rings is 1. The number of alkyl halides is 3. The van der Waals surface area contributed by atoms with Crippen LogP contribution in [-0.2, 0) is 28.4 Å². The van der Waals surface area contributed by atoms with Crippen LogP contribution in [0.3, 0.4) is 0 Å². The van der Waals surface area contributed by atoms with Crippen LogP contribution in [0.2, 0.25) is 0 Å². The van der Waals surface area contributed by atoms with Gasteiger partial charge in [0.05, 0.1) is 22.3 Å². The van der Waals surface area contributed by atoms with Crippen molar-refractivity contribution in [2.24, 2.45) is 0 Å². The van der Waals surface area contributed by atoms with Crippen molar-refractivity contribution < 1.29 is 32.0 Å². The van der Waals surface area contributed by atoms with Gasteiger partial charge in [0.1, 0.15) is 5.75 Å². The zero-order chi connectivity index (χ0) is 25.9. The largest absolute Gasteiger partial charge is 0.609 e. The molecule has 188 valence electrons. The van der Waals surface area contributed by atoms with Gasteiger partial charge < -0.3 is 14.0 Å². The number of para-hydroxylation sites is 2. The van der Waals surface area contributed by atoms with Crippen molar-refractivity contribution in [2.75, 3.05) is 6.61 Å². The molecule has 0 saturated heterocycles. The van der Waals surface area contributed by atoms with Crippen LogP contribution in [-0.4, -0.2) is 37.8 Å². The Bertz CT molecular complexity index is 1370. The first kappa shape index (κ1) is 25.5. The number of aryl methyl sites for hydroxylation is 1. The summed E-state index contributed by atoms with van der Waals surface area (Å²) in [4.78, 5) is 21.2. The summed E-state index contributed by atoms with van der Waals surface area (Å²) in [6.07, 6.45) is -3.18. The number of hydrogen-bond acceptors (Lipinski definition) is 6. The summed E-state index contributed by atoms with van der Waals surface area (Å²) in [5, 5.41) is 0.149. The van der Waals surface area contributed by atoms with E-state index in [9.17, 15) is 22.5 Å². The maximum Gasteiger partial charge on any atom is 0.422 e. The Hall–Kier alpha value is -3.57. The van der Waals surface area contributed by atoms with Gasteiger partial charge in [-0.05, 0) is 44.2 Å². The smallest absolute Gasteiger partial charge is 0.422 e. The van der Waals surface area contributed by atoms with Gasteiger partial charge in [0.2, 0.25) is 0 Å². The van der Waals surface area contributed by atoms with Crippen molar-refractivity contribution in [2.45, 2.75) is 37.7 Å². The van der Waals surface area contributed by atoms with Gasteiger partial charge in [-0.1, -0.05) is 29.8 Å². The quantitative estimate of drug-likeness (QED) is 0.238. The average molecular weight is 518 g/mol. The van der Waals surface area contributed by atoms with Crippen molar-refractivity contribution >= 4 is 28.2 Å². The molecule has 0 spiro atoms. The zero-order valence-corrected chi connectivity index (χ0v) is 20.2. The Balaban J connectivity index is 1.57. The van der Waals surface area contributed by atoms with E-state index in [2.05, 4.69) is 9.97 Å². The van der Waals surface area contributed by atoms with Crippen LogP contribution in [0.4, 0.5) is 13.2 Å². The van der Waals surface area contributed by atoms with E-state index >= 15 is 0 Å². The maximum absolute atomic E-state index is 13.4. The molecule has 4 rings (SSSR count). The number of halogens is 3. The van der Waals surface area contributed by atoms with Crippen molar-refractivity contribution in [3.8, 4) is 5.75 Å². The molecule has 2 aromatic carbocycles. The second kappa shape index (κ2) is 10.6. The molecule has 1 unspecified atom stereocenters. The number of hydrogen-bond donors (Lipinski definition) is 0. The number of rotatable bonds is 8. The van der Waals surface area contributed by atoms with E-state index in [0.717, 1.165) is 5.56 Å². The number of aromatic nitrogens is 3. The van der Waals surface area contributed by atoms with Gasteiger partial charge in [-0.15, -0.1) is 0 Å². The molecule has 0 amide bonds. The molecule has 7 nitrogen and oxygen atoms in total. The summed E-state index contributed by atoms with van der Waals surface area (Å²) in [6, 6.07) is 15.3.